The van der Waals surface area contributed by atoms with Crippen molar-refractivity contribution in [1.82, 2.24) is 0 Å². The van der Waals surface area contributed by atoms with Gasteiger partial charge in [-0.25, -0.2) is 14.4 Å². The minimum atomic E-state index is -2.85. The Morgan fingerprint density at radius 1 is 0.368 bits per heavy atom. The zero-order valence-corrected chi connectivity index (χ0v) is 42.6. The van der Waals surface area contributed by atoms with E-state index in [1.165, 1.54) is 0 Å². The third-order valence-electron chi connectivity index (χ3n) is 10.4. The molecule has 3 aromatic carbocycles. The van der Waals surface area contributed by atoms with Crippen LogP contribution in [0.4, 0.5) is 14.4 Å². The first-order valence-electron chi connectivity index (χ1n) is 21.8. The Bertz CT molecular complexity index is 2280. The zero-order chi connectivity index (χ0) is 49.5. The fourth-order valence-electron chi connectivity index (χ4n) is 8.46. The van der Waals surface area contributed by atoms with Gasteiger partial charge in [0.2, 0.25) is 34.7 Å². The van der Waals surface area contributed by atoms with Crippen LogP contribution in [-0.2, 0) is 19.8 Å². The van der Waals surface area contributed by atoms with E-state index < -0.39 is 56.2 Å². The molecular weight excluding hydrogens is 953 g/mol. The second-order valence-electron chi connectivity index (χ2n) is 18.8. The molecular formula is C46H52O19S3. The first kappa shape index (κ1) is 47.7. The van der Waals surface area contributed by atoms with E-state index in [9.17, 15) is 14.4 Å². The fraction of sp³-hybridized carbons (Fsp3) is 0.543. The van der Waals surface area contributed by atoms with Crippen LogP contribution in [0.1, 0.15) is 121 Å². The lowest BCUT2D eigenvalue weighted by Crippen LogP contribution is -2.36. The molecule has 0 saturated carbocycles. The lowest BCUT2D eigenvalue weighted by molar-refractivity contribution is -0.0558. The van der Waals surface area contributed by atoms with Crippen LogP contribution in [0, 0.1) is 0 Å². The largest absolute Gasteiger partial charge is 0.458 e. The Morgan fingerprint density at radius 2 is 0.529 bits per heavy atom. The predicted octanol–water partition coefficient (Wildman–Crippen LogP) is 10.8. The Kier molecular flexibility index (Phi) is 10.9. The maximum Gasteiger partial charge on any atom is 0.372 e. The van der Waals surface area contributed by atoms with Gasteiger partial charge in [0, 0.05) is 118 Å². The zero-order valence-electron chi connectivity index (χ0n) is 40.1. The van der Waals surface area contributed by atoms with Gasteiger partial charge in [0.25, 0.3) is 0 Å². The van der Waals surface area contributed by atoms with E-state index in [2.05, 4.69) is 0 Å². The Hall–Kier alpha value is -5.32. The molecule has 0 aromatic heterocycles. The van der Waals surface area contributed by atoms with Crippen LogP contribution in [0.5, 0.6) is 69.0 Å². The van der Waals surface area contributed by atoms with E-state index in [0.717, 1.165) is 0 Å². The number of hydrogen-bond donors (Lipinski definition) is 1. The number of carbonyl (C=O) groups excluding carboxylic acids is 3. The summed E-state index contributed by atoms with van der Waals surface area (Å²) in [4.78, 5) is 40.6. The van der Waals surface area contributed by atoms with Crippen LogP contribution in [0.15, 0.2) is 14.7 Å². The fourth-order valence-corrected chi connectivity index (χ4v) is 10.9. The number of ether oxygens (including phenoxy) is 15. The van der Waals surface area contributed by atoms with Gasteiger partial charge in [0.05, 0.1) is 36.5 Å². The van der Waals surface area contributed by atoms with Crippen molar-refractivity contribution >= 4 is 51.2 Å². The summed E-state index contributed by atoms with van der Waals surface area (Å²) in [6.07, 6.45) is 0. The molecule has 6 aliphatic rings. The smallest absolute Gasteiger partial charge is 0.372 e. The highest BCUT2D eigenvalue weighted by molar-refractivity contribution is 8.14. The van der Waals surface area contributed by atoms with Gasteiger partial charge in [-0.15, -0.1) is 0 Å². The molecule has 19 nitrogen and oxygen atoms in total. The molecule has 0 bridgehead atoms. The van der Waals surface area contributed by atoms with Crippen molar-refractivity contribution in [3.63, 3.8) is 0 Å². The summed E-state index contributed by atoms with van der Waals surface area (Å²) in [5.41, 5.74) is -3.43. The number of hydrogen-bond acceptors (Lipinski definition) is 22. The van der Waals surface area contributed by atoms with E-state index in [4.69, 9.17) is 71.1 Å². The van der Waals surface area contributed by atoms with Crippen LogP contribution in [0.3, 0.4) is 0 Å². The quantitative estimate of drug-likeness (QED) is 0.0914. The van der Waals surface area contributed by atoms with Gasteiger partial charge >= 0.3 is 15.9 Å². The molecule has 0 atom stereocenters. The van der Waals surface area contributed by atoms with E-state index in [1.54, 1.807) is 104 Å². The SMILES string of the molecule is CCOC(=O)Sc1c2c(c(C(O)(c3c4c(c(SC(=O)OCC)c5c3OC(C)(C)O5)OC(C)(C)O4)c3c4c(c(SC(=O)OCC)c5c3OC(C)(C)O5)OC(C)(C)O4)c3c1OC(C)(C)O3)OC(C)(C)O2. The Labute approximate surface area is 404 Å². The summed E-state index contributed by atoms with van der Waals surface area (Å²) >= 11 is 2.01. The van der Waals surface area contributed by atoms with E-state index in [1.807, 2.05) is 0 Å². The highest BCUT2D eigenvalue weighted by atomic mass is 32.2. The molecule has 6 aliphatic heterocycles. The predicted molar refractivity (Wildman–Crippen MR) is 242 cm³/mol. The molecule has 6 heterocycles. The van der Waals surface area contributed by atoms with Gasteiger partial charge in [-0.1, -0.05) is 0 Å². The summed E-state index contributed by atoms with van der Waals surface area (Å²) in [6, 6.07) is 0. The van der Waals surface area contributed by atoms with Crippen LogP contribution in [0.25, 0.3) is 0 Å². The first-order chi connectivity index (χ1) is 31.5. The monoisotopic (exact) mass is 1000 g/mol. The summed E-state index contributed by atoms with van der Waals surface area (Å²) in [7, 11) is 0. The minimum Gasteiger partial charge on any atom is -0.458 e. The van der Waals surface area contributed by atoms with Crippen molar-refractivity contribution < 1.29 is 90.5 Å². The van der Waals surface area contributed by atoms with Gasteiger partial charge < -0.3 is 76.2 Å². The molecule has 0 fully saturated rings. The molecule has 0 aliphatic carbocycles. The number of rotatable bonds is 9. The average Bonchev–Trinajstić information content (AvgIpc) is 4.01. The molecule has 22 heteroatoms. The third-order valence-corrected chi connectivity index (χ3v) is 13.0. The highest BCUT2D eigenvalue weighted by Crippen LogP contribution is 2.73. The number of fused-ring (bicyclic) bond motifs is 6. The highest BCUT2D eigenvalue weighted by Gasteiger charge is 2.62. The lowest BCUT2D eigenvalue weighted by atomic mass is 9.76. The molecule has 0 saturated heterocycles. The molecule has 9 rings (SSSR count). The summed E-state index contributed by atoms with van der Waals surface area (Å²) < 4.78 is 95.9. The average molecular weight is 1010 g/mol. The van der Waals surface area contributed by atoms with Crippen molar-refractivity contribution in [2.24, 2.45) is 0 Å². The summed E-state index contributed by atoms with van der Waals surface area (Å²) in [5.74, 6) is -9.74. The maximum absolute atomic E-state index is 15.2. The number of benzene rings is 3. The minimum absolute atomic E-state index is 0.0305. The van der Waals surface area contributed by atoms with Crippen LogP contribution in [0.2, 0.25) is 0 Å². The Balaban J connectivity index is 1.51. The van der Waals surface area contributed by atoms with Gasteiger partial charge in [-0.2, -0.15) is 0 Å². The summed E-state index contributed by atoms with van der Waals surface area (Å²) in [6.45, 7) is 24.8. The Morgan fingerprint density at radius 3 is 0.691 bits per heavy atom. The second kappa shape index (κ2) is 15.6. The van der Waals surface area contributed by atoms with Gasteiger partial charge in [0.1, 0.15) is 14.7 Å². The number of thioether (sulfide) groups is 3. The molecule has 368 valence electrons. The molecule has 68 heavy (non-hydrogen) atoms. The van der Waals surface area contributed by atoms with Crippen molar-refractivity contribution in [3.05, 3.63) is 16.7 Å². The topological polar surface area (TPSA) is 210 Å². The molecule has 0 amide bonds. The molecule has 0 spiro atoms. The first-order valence-corrected chi connectivity index (χ1v) is 24.3. The van der Waals surface area contributed by atoms with Crippen LogP contribution < -0.4 is 56.8 Å². The standard InChI is InChI=1S/C46H52O19S3/c1-16-51-37(47)66-34-28-22(54-40(4,5)60-28)19(23-29(34)61-41(6,7)55-23)46(50,20-24-30(62-42(8,9)56-24)35(67-38(48)52-17-2)31-25(20)57-43(10,11)63-31)21-26-32(64-44(12,13)58-26)36(68-39(49)53-18-3)33-27(21)59-45(14,15)65-33/h50H,16-18H2,1-15H3. The van der Waals surface area contributed by atoms with Crippen molar-refractivity contribution in [2.45, 2.75) is 159 Å². The normalized spacial score (nSPS) is 19.8. The van der Waals surface area contributed by atoms with Crippen LogP contribution >= 0.6 is 35.3 Å². The molecule has 1 N–H and O–H groups in total. The third kappa shape index (κ3) is 7.87. The number of carbonyl (C=O) groups is 3. The number of aliphatic hydroxyl groups is 1. The second-order valence-corrected chi connectivity index (χ2v) is 21.6. The van der Waals surface area contributed by atoms with Gasteiger partial charge in [-0.05, 0) is 20.8 Å². The maximum atomic E-state index is 15.2. The van der Waals surface area contributed by atoms with E-state index >= 15 is 5.11 Å². The lowest BCUT2D eigenvalue weighted by Gasteiger charge is -2.35. The van der Waals surface area contributed by atoms with Gasteiger partial charge in [0.15, 0.2) is 74.6 Å². The summed E-state index contributed by atoms with van der Waals surface area (Å²) in [5, 5.41) is 13.1. The van der Waals surface area contributed by atoms with E-state index in [-0.39, 0.29) is 120 Å². The van der Waals surface area contributed by atoms with Crippen molar-refractivity contribution in [2.75, 3.05) is 19.8 Å². The van der Waals surface area contributed by atoms with Crippen molar-refractivity contribution in [3.8, 4) is 69.0 Å². The molecule has 0 radical (unpaired) electrons. The molecule has 3 aromatic rings. The van der Waals surface area contributed by atoms with E-state index in [0.29, 0.717) is 35.3 Å². The molecule has 0 unspecified atom stereocenters. The van der Waals surface area contributed by atoms with Crippen LogP contribution in [-0.4, -0.2) is 75.6 Å². The van der Waals surface area contributed by atoms with Gasteiger partial charge in [-0.3, -0.25) is 0 Å². The van der Waals surface area contributed by atoms with Crippen molar-refractivity contribution in [1.29, 1.82) is 0 Å².